The maximum Gasteiger partial charge on any atom is 0.0492 e. The van der Waals surface area contributed by atoms with Gasteiger partial charge in [0.15, 0.2) is 0 Å². The smallest absolute Gasteiger partial charge is 0.0492 e. The Balaban J connectivity index is 2.98. The van der Waals surface area contributed by atoms with E-state index in [9.17, 15) is 0 Å². The van der Waals surface area contributed by atoms with Gasteiger partial charge in [-0.1, -0.05) is 120 Å². The van der Waals surface area contributed by atoms with Crippen LogP contribution in [0.3, 0.4) is 0 Å². The van der Waals surface area contributed by atoms with Crippen LogP contribution in [-0.2, 0) is 0 Å². The molecule has 1 aromatic carbocycles. The molecule has 0 aromatic heterocycles. The molecule has 1 rings (SSSR count). The Morgan fingerprint density at radius 3 is 0.808 bits per heavy atom. The van der Waals surface area contributed by atoms with Gasteiger partial charge in [0.25, 0.3) is 0 Å². The summed E-state index contributed by atoms with van der Waals surface area (Å²) >= 11 is 0. The lowest BCUT2D eigenvalue weighted by Crippen LogP contribution is -2.52. The zero-order valence-electron chi connectivity index (χ0n) is 19.5. The molecule has 0 fully saturated rings. The standard InChI is InChI=1S/C20H44P2Si4/c1-23(2,3)19(24(4,5)6)21-17-13-15-18(16-14-17)22-20(25(7,8)9)26(10,11)12/h13-16,19-22H,1-12H3. The van der Waals surface area contributed by atoms with Gasteiger partial charge in [-0.2, -0.15) is 0 Å². The van der Waals surface area contributed by atoms with Crippen molar-refractivity contribution in [3.05, 3.63) is 24.3 Å². The van der Waals surface area contributed by atoms with Crippen molar-refractivity contribution in [2.75, 3.05) is 0 Å². The molecule has 0 radical (unpaired) electrons. The summed E-state index contributed by atoms with van der Waals surface area (Å²) in [5.41, 5.74) is 0. The van der Waals surface area contributed by atoms with Gasteiger partial charge in [-0.15, -0.1) is 0 Å². The van der Waals surface area contributed by atoms with E-state index in [1.54, 1.807) is 10.6 Å². The van der Waals surface area contributed by atoms with Crippen molar-refractivity contribution in [1.29, 1.82) is 0 Å². The largest absolute Gasteiger partial charge is 0.0927 e. The minimum atomic E-state index is -1.11. The monoisotopic (exact) mass is 458 g/mol. The topological polar surface area (TPSA) is 0 Å². The lowest BCUT2D eigenvalue weighted by atomic mass is 10.4. The van der Waals surface area contributed by atoms with Gasteiger partial charge in [-0.3, -0.25) is 0 Å². The SMILES string of the molecule is C[Si](C)(C)C(Pc1ccc(PC([Si](C)(C)C)[Si](C)(C)C)cc1)[Si](C)(C)C. The van der Waals surface area contributed by atoms with Crippen LogP contribution in [0.2, 0.25) is 78.6 Å². The predicted molar refractivity (Wildman–Crippen MR) is 143 cm³/mol. The molecule has 0 saturated carbocycles. The van der Waals surface area contributed by atoms with Crippen LogP contribution in [-0.4, -0.2) is 42.1 Å². The molecule has 0 nitrogen and oxygen atoms in total. The second kappa shape index (κ2) is 8.76. The third-order valence-electron chi connectivity index (χ3n) is 4.97. The van der Waals surface area contributed by atoms with Gasteiger partial charge >= 0.3 is 0 Å². The maximum atomic E-state index is 2.57. The Labute approximate surface area is 172 Å². The van der Waals surface area contributed by atoms with Gasteiger partial charge in [0.2, 0.25) is 0 Å². The second-order valence-electron chi connectivity index (χ2n) is 12.2. The maximum absolute atomic E-state index is 2.57. The molecule has 0 heterocycles. The Kier molecular flexibility index (Phi) is 8.41. The highest BCUT2D eigenvalue weighted by Crippen LogP contribution is 2.36. The van der Waals surface area contributed by atoms with Crippen molar-refractivity contribution in [2.24, 2.45) is 0 Å². The van der Waals surface area contributed by atoms with Crippen LogP contribution >= 0.6 is 17.2 Å². The van der Waals surface area contributed by atoms with Gasteiger partial charge in [0, 0.05) is 32.3 Å². The molecule has 0 saturated heterocycles. The van der Waals surface area contributed by atoms with Crippen molar-refractivity contribution in [1.82, 2.24) is 0 Å². The molecule has 0 aliphatic heterocycles. The normalized spacial score (nSPS) is 15.3. The molecule has 2 atom stereocenters. The molecular formula is C20H44P2Si4. The third-order valence-corrected chi connectivity index (χ3v) is 36.3. The quantitative estimate of drug-likeness (QED) is 0.306. The fraction of sp³-hybridized carbons (Fsp3) is 0.700. The van der Waals surface area contributed by atoms with E-state index in [0.717, 1.165) is 27.0 Å². The molecule has 1 aromatic rings. The first-order valence-corrected chi connectivity index (χ1v) is 26.5. The summed E-state index contributed by atoms with van der Waals surface area (Å²) in [6.45, 7) is 30.9. The first-order valence-electron chi connectivity index (χ1n) is 10.1. The zero-order valence-corrected chi connectivity index (χ0v) is 25.5. The number of hydrogen-bond acceptors (Lipinski definition) is 0. The van der Waals surface area contributed by atoms with E-state index in [-0.39, 0.29) is 0 Å². The van der Waals surface area contributed by atoms with E-state index in [4.69, 9.17) is 0 Å². The lowest BCUT2D eigenvalue weighted by Gasteiger charge is -2.39. The van der Waals surface area contributed by atoms with Crippen molar-refractivity contribution < 1.29 is 0 Å². The minimum absolute atomic E-state index is 0.986. The van der Waals surface area contributed by atoms with E-state index in [1.165, 1.54) is 0 Å². The zero-order chi connectivity index (χ0) is 20.6. The molecule has 6 heteroatoms. The summed E-state index contributed by atoms with van der Waals surface area (Å²) in [7, 11) is -2.40. The molecular weight excluding hydrogens is 415 g/mol. The summed E-state index contributed by atoms with van der Waals surface area (Å²) < 4.78 is 0. The molecule has 0 amide bonds. The second-order valence-corrected chi connectivity index (χ2v) is 39.8. The highest BCUT2D eigenvalue weighted by atomic mass is 31.1. The first kappa shape index (κ1) is 25.0. The summed E-state index contributed by atoms with van der Waals surface area (Å²) in [5, 5.41) is 3.21. The Hall–Kier alpha value is 0.948. The van der Waals surface area contributed by atoms with Crippen molar-refractivity contribution >= 4 is 60.1 Å². The van der Waals surface area contributed by atoms with Crippen LogP contribution in [0.4, 0.5) is 0 Å². The van der Waals surface area contributed by atoms with Crippen molar-refractivity contribution in [3.8, 4) is 0 Å². The Bertz CT molecular complexity index is 491. The van der Waals surface area contributed by atoms with Crippen LogP contribution in [0.1, 0.15) is 0 Å². The molecule has 0 aliphatic rings. The number of rotatable bonds is 8. The van der Waals surface area contributed by atoms with Crippen molar-refractivity contribution in [2.45, 2.75) is 88.4 Å². The Morgan fingerprint density at radius 1 is 0.462 bits per heavy atom. The predicted octanol–water partition coefficient (Wildman–Crippen LogP) is 6.54. The van der Waals surface area contributed by atoms with E-state index in [2.05, 4.69) is 103 Å². The molecule has 0 aliphatic carbocycles. The number of hydrogen-bond donors (Lipinski definition) is 0. The van der Waals surface area contributed by atoms with Gasteiger partial charge in [0.1, 0.15) is 0 Å². The molecule has 0 N–H and O–H groups in total. The average Bonchev–Trinajstić information content (AvgIpc) is 2.38. The van der Waals surface area contributed by atoms with Crippen LogP contribution in [0.15, 0.2) is 24.3 Å². The van der Waals surface area contributed by atoms with Crippen LogP contribution in [0.5, 0.6) is 0 Å². The third kappa shape index (κ3) is 7.76. The van der Waals surface area contributed by atoms with Crippen LogP contribution in [0, 0.1) is 0 Å². The van der Waals surface area contributed by atoms with Gasteiger partial charge < -0.3 is 0 Å². The van der Waals surface area contributed by atoms with Gasteiger partial charge in [0.05, 0.1) is 0 Å². The minimum Gasteiger partial charge on any atom is -0.0927 e. The molecule has 2 unspecified atom stereocenters. The van der Waals surface area contributed by atoms with Crippen molar-refractivity contribution in [3.63, 3.8) is 0 Å². The Morgan fingerprint density at radius 2 is 0.654 bits per heavy atom. The molecule has 0 bridgehead atoms. The molecule has 150 valence electrons. The first-order chi connectivity index (χ1) is 11.4. The van der Waals surface area contributed by atoms with Crippen LogP contribution < -0.4 is 10.6 Å². The summed E-state index contributed by atoms with van der Waals surface area (Å²) in [6.07, 6.45) is 0. The van der Waals surface area contributed by atoms with Gasteiger partial charge in [-0.25, -0.2) is 0 Å². The van der Waals surface area contributed by atoms with E-state index >= 15 is 0 Å². The number of benzene rings is 1. The molecule has 0 spiro atoms. The lowest BCUT2D eigenvalue weighted by molar-refractivity contribution is 1.46. The highest BCUT2D eigenvalue weighted by molar-refractivity contribution is 7.57. The fourth-order valence-electron chi connectivity index (χ4n) is 4.46. The average molecular weight is 459 g/mol. The highest BCUT2D eigenvalue weighted by Gasteiger charge is 2.38. The fourth-order valence-corrected chi connectivity index (χ4v) is 35.6. The summed E-state index contributed by atoms with van der Waals surface area (Å²) in [6, 6.07) is 9.89. The molecule has 26 heavy (non-hydrogen) atoms. The van der Waals surface area contributed by atoms with E-state index in [0.29, 0.717) is 0 Å². The van der Waals surface area contributed by atoms with Crippen LogP contribution in [0.25, 0.3) is 0 Å². The summed E-state index contributed by atoms with van der Waals surface area (Å²) in [5.74, 6) is 0. The summed E-state index contributed by atoms with van der Waals surface area (Å²) in [4.78, 5) is 1.97. The van der Waals surface area contributed by atoms with E-state index in [1.807, 2.05) is 0 Å². The van der Waals surface area contributed by atoms with Gasteiger partial charge in [-0.05, 0) is 20.4 Å². The van der Waals surface area contributed by atoms with E-state index < -0.39 is 32.3 Å².